The maximum Gasteiger partial charge on any atom is 0.356 e. The highest BCUT2D eigenvalue weighted by molar-refractivity contribution is 6.33. The Labute approximate surface area is 109 Å². The molecule has 0 spiro atoms. The van der Waals surface area contributed by atoms with E-state index in [-0.39, 0.29) is 17.1 Å². The first kappa shape index (κ1) is 14.0. The number of nitrogens with zero attached hydrogens (tertiary/aromatic N) is 1. The lowest BCUT2D eigenvalue weighted by atomic mass is 10.2. The molecule has 1 aromatic heterocycles. The molecule has 1 aromatic rings. The van der Waals surface area contributed by atoms with Crippen LogP contribution in [0.5, 0.6) is 0 Å². The van der Waals surface area contributed by atoms with Gasteiger partial charge in [-0.15, -0.1) is 0 Å². The fourth-order valence-corrected chi connectivity index (χ4v) is 1.34. The summed E-state index contributed by atoms with van der Waals surface area (Å²) in [6.07, 6.45) is 1.25. The van der Waals surface area contributed by atoms with E-state index in [9.17, 15) is 9.59 Å². The Hall–Kier alpha value is -2.06. The molecule has 1 heterocycles. The van der Waals surface area contributed by atoms with E-state index in [2.05, 4.69) is 16.8 Å². The van der Waals surface area contributed by atoms with E-state index in [1.807, 2.05) is 0 Å². The lowest BCUT2D eigenvalue weighted by Crippen LogP contribution is -2.02. The van der Waals surface area contributed by atoms with Crippen LogP contribution < -0.4 is 0 Å². The molecule has 0 amide bonds. The molecule has 0 aliphatic rings. The maximum atomic E-state index is 11.0. The third-order valence-corrected chi connectivity index (χ3v) is 2.10. The lowest BCUT2D eigenvalue weighted by Gasteiger charge is -1.97. The van der Waals surface area contributed by atoms with Gasteiger partial charge in [0.1, 0.15) is 6.42 Å². The van der Waals surface area contributed by atoms with Crippen LogP contribution in [0, 0.1) is 11.8 Å². The number of aromatic nitrogens is 1. The van der Waals surface area contributed by atoms with Gasteiger partial charge in [-0.05, 0) is 13.0 Å². The van der Waals surface area contributed by atoms with Crippen LogP contribution in [0.15, 0.2) is 12.3 Å². The Morgan fingerprint density at radius 2 is 2.28 bits per heavy atom. The van der Waals surface area contributed by atoms with Crippen LogP contribution in [0.25, 0.3) is 0 Å². The quantitative estimate of drug-likeness (QED) is 0.667. The molecule has 1 N–H and O–H groups in total. The minimum Gasteiger partial charge on any atom is -0.476 e. The van der Waals surface area contributed by atoms with E-state index in [0.717, 1.165) is 0 Å². The van der Waals surface area contributed by atoms with Crippen molar-refractivity contribution >= 4 is 23.5 Å². The zero-order valence-corrected chi connectivity index (χ0v) is 10.3. The molecule has 0 bridgehead atoms. The zero-order valence-electron chi connectivity index (χ0n) is 9.57. The molecule has 0 radical (unpaired) electrons. The average Bonchev–Trinajstić information content (AvgIpc) is 2.29. The number of aromatic carboxylic acids is 1. The SMILES string of the molecule is CCOC(=O)CC#Cc1cnc(C(=O)O)c(Cl)c1. The average molecular weight is 268 g/mol. The molecule has 0 saturated heterocycles. The number of halogens is 1. The predicted molar refractivity (Wildman–Crippen MR) is 64.3 cm³/mol. The highest BCUT2D eigenvalue weighted by Gasteiger charge is 2.09. The summed E-state index contributed by atoms with van der Waals surface area (Å²) in [6, 6.07) is 1.39. The van der Waals surface area contributed by atoms with Crippen LogP contribution in [0.1, 0.15) is 29.4 Å². The van der Waals surface area contributed by atoms with E-state index in [1.54, 1.807) is 6.92 Å². The van der Waals surface area contributed by atoms with Crippen LogP contribution in [0.3, 0.4) is 0 Å². The van der Waals surface area contributed by atoms with Gasteiger partial charge in [-0.3, -0.25) is 4.79 Å². The standard InChI is InChI=1S/C12H10ClNO4/c1-2-18-10(15)5-3-4-8-6-9(13)11(12(16)17)14-7-8/h6-7H,2,5H2,1H3,(H,16,17). The van der Waals surface area contributed by atoms with Gasteiger partial charge < -0.3 is 9.84 Å². The molecule has 0 aliphatic heterocycles. The van der Waals surface area contributed by atoms with Gasteiger partial charge in [0.2, 0.25) is 0 Å². The van der Waals surface area contributed by atoms with Crippen LogP contribution >= 0.6 is 11.6 Å². The molecular weight excluding hydrogens is 258 g/mol. The summed E-state index contributed by atoms with van der Waals surface area (Å²) in [6.45, 7) is 2.01. The van der Waals surface area contributed by atoms with Crippen molar-refractivity contribution < 1.29 is 19.4 Å². The van der Waals surface area contributed by atoms with Gasteiger partial charge in [-0.1, -0.05) is 23.4 Å². The van der Waals surface area contributed by atoms with Crippen LogP contribution in [0.2, 0.25) is 5.02 Å². The van der Waals surface area contributed by atoms with Gasteiger partial charge in [0.05, 0.1) is 11.6 Å². The third kappa shape index (κ3) is 4.07. The number of carboxylic acid groups (broad SMARTS) is 1. The predicted octanol–water partition coefficient (Wildman–Crippen LogP) is 1.74. The van der Waals surface area contributed by atoms with E-state index in [0.29, 0.717) is 12.2 Å². The van der Waals surface area contributed by atoms with Crippen molar-refractivity contribution in [2.75, 3.05) is 6.61 Å². The first-order valence-corrected chi connectivity index (χ1v) is 5.45. The van der Waals surface area contributed by atoms with Crippen LogP contribution in [0.4, 0.5) is 0 Å². The molecule has 94 valence electrons. The summed E-state index contributed by atoms with van der Waals surface area (Å²) in [5.74, 6) is 3.63. The first-order valence-electron chi connectivity index (χ1n) is 5.08. The number of carboxylic acids is 1. The molecule has 0 unspecified atom stereocenters. The fraction of sp³-hybridized carbons (Fsp3) is 0.250. The van der Waals surface area contributed by atoms with E-state index < -0.39 is 11.9 Å². The number of carbonyl (C=O) groups is 2. The minimum absolute atomic E-state index is 0.00503. The number of hydrogen-bond acceptors (Lipinski definition) is 4. The molecule has 6 heteroatoms. The molecule has 0 fully saturated rings. The highest BCUT2D eigenvalue weighted by atomic mass is 35.5. The number of carbonyl (C=O) groups excluding carboxylic acids is 1. The normalized spacial score (nSPS) is 9.22. The second-order valence-electron chi connectivity index (χ2n) is 3.14. The Morgan fingerprint density at radius 3 is 2.83 bits per heavy atom. The molecule has 1 rings (SSSR count). The van der Waals surface area contributed by atoms with Gasteiger partial charge in [-0.25, -0.2) is 9.78 Å². The Bertz CT molecular complexity index is 531. The molecule has 0 atom stereocenters. The zero-order chi connectivity index (χ0) is 13.5. The van der Waals surface area contributed by atoms with Gasteiger partial charge in [0.15, 0.2) is 5.69 Å². The van der Waals surface area contributed by atoms with Crippen molar-refractivity contribution in [2.24, 2.45) is 0 Å². The van der Waals surface area contributed by atoms with Crippen LogP contribution in [-0.2, 0) is 9.53 Å². The second-order valence-corrected chi connectivity index (χ2v) is 3.55. The number of ether oxygens (including phenoxy) is 1. The highest BCUT2D eigenvalue weighted by Crippen LogP contribution is 2.14. The van der Waals surface area contributed by atoms with Gasteiger partial charge >= 0.3 is 11.9 Å². The van der Waals surface area contributed by atoms with Gasteiger partial charge in [0.25, 0.3) is 0 Å². The summed E-state index contributed by atoms with van der Waals surface area (Å²) in [5.41, 5.74) is 0.210. The summed E-state index contributed by atoms with van der Waals surface area (Å²) in [5, 5.41) is 8.73. The largest absolute Gasteiger partial charge is 0.476 e. The first-order chi connectivity index (χ1) is 8.54. The Kier molecular flexibility index (Phi) is 5.15. The number of pyridine rings is 1. The molecule has 18 heavy (non-hydrogen) atoms. The summed E-state index contributed by atoms with van der Waals surface area (Å²) >= 11 is 5.71. The monoisotopic (exact) mass is 267 g/mol. The summed E-state index contributed by atoms with van der Waals surface area (Å²) in [7, 11) is 0. The Balaban J connectivity index is 2.75. The second kappa shape index (κ2) is 6.62. The van der Waals surface area contributed by atoms with Crippen molar-refractivity contribution in [3.8, 4) is 11.8 Å². The molecule has 0 aliphatic carbocycles. The van der Waals surface area contributed by atoms with Gasteiger partial charge in [0, 0.05) is 11.8 Å². The van der Waals surface area contributed by atoms with Crippen molar-refractivity contribution in [1.82, 2.24) is 4.98 Å². The number of esters is 1. The van der Waals surface area contributed by atoms with E-state index >= 15 is 0 Å². The minimum atomic E-state index is -1.20. The number of hydrogen-bond donors (Lipinski definition) is 1. The third-order valence-electron chi connectivity index (χ3n) is 1.81. The summed E-state index contributed by atoms with van der Waals surface area (Å²) in [4.78, 5) is 25.3. The maximum absolute atomic E-state index is 11.0. The van der Waals surface area contributed by atoms with E-state index in [1.165, 1.54) is 12.3 Å². The van der Waals surface area contributed by atoms with Crippen LogP contribution in [-0.4, -0.2) is 28.6 Å². The van der Waals surface area contributed by atoms with Gasteiger partial charge in [-0.2, -0.15) is 0 Å². The van der Waals surface area contributed by atoms with Crippen molar-refractivity contribution in [2.45, 2.75) is 13.3 Å². The molecule has 0 saturated carbocycles. The smallest absolute Gasteiger partial charge is 0.356 e. The van der Waals surface area contributed by atoms with Crippen molar-refractivity contribution in [1.29, 1.82) is 0 Å². The Morgan fingerprint density at radius 1 is 1.56 bits per heavy atom. The fourth-order valence-electron chi connectivity index (χ4n) is 1.09. The lowest BCUT2D eigenvalue weighted by molar-refractivity contribution is -0.141. The van der Waals surface area contributed by atoms with E-state index in [4.69, 9.17) is 21.4 Å². The molecule has 0 aromatic carbocycles. The topological polar surface area (TPSA) is 76.5 Å². The van der Waals surface area contributed by atoms with Crippen molar-refractivity contribution in [3.63, 3.8) is 0 Å². The van der Waals surface area contributed by atoms with Crippen molar-refractivity contribution in [3.05, 3.63) is 28.5 Å². The summed E-state index contributed by atoms with van der Waals surface area (Å²) < 4.78 is 4.69. The number of rotatable bonds is 3. The molecule has 5 nitrogen and oxygen atoms in total. The molecular formula is C12H10ClNO4.